The van der Waals surface area contributed by atoms with Gasteiger partial charge in [0.15, 0.2) is 0 Å². The van der Waals surface area contributed by atoms with Gasteiger partial charge in [0.25, 0.3) is 0 Å². The molecule has 7 nitrogen and oxygen atoms in total. The van der Waals surface area contributed by atoms with Gasteiger partial charge in [0, 0.05) is 13.5 Å². The number of amides is 1. The van der Waals surface area contributed by atoms with Crippen LogP contribution >= 0.6 is 0 Å². The van der Waals surface area contributed by atoms with Crippen LogP contribution in [0.15, 0.2) is 18.2 Å². The van der Waals surface area contributed by atoms with E-state index in [4.69, 9.17) is 5.11 Å². The van der Waals surface area contributed by atoms with Crippen LogP contribution < -0.4 is 10.1 Å². The highest BCUT2D eigenvalue weighted by atomic mass is 19.4. The maximum atomic E-state index is 12.2. The number of hydrogen-bond donors (Lipinski definition) is 4. The van der Waals surface area contributed by atoms with Crippen LogP contribution in [0, 0.1) is 0 Å². The molecule has 0 aliphatic rings. The van der Waals surface area contributed by atoms with Crippen LogP contribution in [0.5, 0.6) is 5.75 Å². The van der Waals surface area contributed by atoms with E-state index in [-0.39, 0.29) is 12.1 Å². The number of carbonyl (C=O) groups is 2. The van der Waals surface area contributed by atoms with E-state index in [2.05, 4.69) is 10.1 Å². The number of aliphatic hydroxyl groups excluding tert-OH is 2. The van der Waals surface area contributed by atoms with Crippen LogP contribution in [0.25, 0.3) is 0 Å². The first kappa shape index (κ1) is 18.7. The van der Waals surface area contributed by atoms with Gasteiger partial charge >= 0.3 is 12.3 Å². The number of aliphatic hydroxyl groups is 2. The third kappa shape index (κ3) is 6.12. The number of carboxylic acids is 1. The van der Waals surface area contributed by atoms with Gasteiger partial charge < -0.3 is 25.4 Å². The second-order valence-electron chi connectivity index (χ2n) is 4.59. The molecule has 0 aliphatic heterocycles. The van der Waals surface area contributed by atoms with Crippen LogP contribution in [-0.4, -0.2) is 46.2 Å². The molecule has 10 heteroatoms. The Morgan fingerprint density at radius 1 is 1.26 bits per heavy atom. The molecule has 1 aromatic rings. The van der Waals surface area contributed by atoms with E-state index in [0.717, 1.165) is 12.1 Å². The molecule has 2 atom stereocenters. The molecule has 4 N–H and O–H groups in total. The summed E-state index contributed by atoms with van der Waals surface area (Å²) in [6, 6.07) is 2.28. The number of carboxylic acid groups (broad SMARTS) is 1. The lowest BCUT2D eigenvalue weighted by Gasteiger charge is -2.20. The van der Waals surface area contributed by atoms with Gasteiger partial charge in [-0.15, -0.1) is 13.2 Å². The Morgan fingerprint density at radius 3 is 2.35 bits per heavy atom. The predicted octanol–water partition coefficient (Wildman–Crippen LogP) is 0.814. The fourth-order valence-electron chi connectivity index (χ4n) is 1.69. The number of ether oxygens (including phenoxy) is 1. The summed E-state index contributed by atoms with van der Waals surface area (Å²) >= 11 is 0. The smallest absolute Gasteiger partial charge is 0.478 e. The van der Waals surface area contributed by atoms with Crippen molar-refractivity contribution in [1.29, 1.82) is 0 Å². The quantitative estimate of drug-likeness (QED) is 0.611. The van der Waals surface area contributed by atoms with Crippen molar-refractivity contribution in [2.24, 2.45) is 0 Å². The maximum absolute atomic E-state index is 12.2. The van der Waals surface area contributed by atoms with E-state index in [1.165, 1.54) is 6.92 Å². The molecule has 1 rings (SSSR count). The van der Waals surface area contributed by atoms with Gasteiger partial charge in [0.05, 0.1) is 5.56 Å². The van der Waals surface area contributed by atoms with Gasteiger partial charge in [-0.05, 0) is 23.8 Å². The monoisotopic (exact) mass is 337 g/mol. The molecular weight excluding hydrogens is 323 g/mol. The average Bonchev–Trinajstić information content (AvgIpc) is 2.41. The lowest BCUT2D eigenvalue weighted by atomic mass is 10.0. The summed E-state index contributed by atoms with van der Waals surface area (Å²) in [6.45, 7) is 0.794. The number of rotatable bonds is 6. The Hall–Kier alpha value is -2.33. The number of halogens is 3. The summed E-state index contributed by atoms with van der Waals surface area (Å²) in [5.74, 6) is -2.88. The fourth-order valence-corrected chi connectivity index (χ4v) is 1.69. The van der Waals surface area contributed by atoms with Crippen LogP contribution in [0.1, 0.15) is 28.9 Å². The summed E-state index contributed by atoms with van der Waals surface area (Å²) in [5, 5.41) is 30.7. The molecule has 0 spiro atoms. The molecule has 2 unspecified atom stereocenters. The number of nitrogens with one attached hydrogen (secondary N) is 1. The molecule has 0 fully saturated rings. The zero-order valence-corrected chi connectivity index (χ0v) is 11.8. The van der Waals surface area contributed by atoms with Gasteiger partial charge in [-0.1, -0.05) is 0 Å². The highest BCUT2D eigenvalue weighted by Crippen LogP contribution is 2.28. The lowest BCUT2D eigenvalue weighted by molar-refractivity contribution is -0.274. The Balaban J connectivity index is 3.08. The molecule has 23 heavy (non-hydrogen) atoms. The minimum absolute atomic E-state index is 0.304. The zero-order valence-electron chi connectivity index (χ0n) is 11.8. The largest absolute Gasteiger partial charge is 0.573 e. The van der Waals surface area contributed by atoms with E-state index in [1.54, 1.807) is 0 Å². The second kappa shape index (κ2) is 7.29. The first-order valence-electron chi connectivity index (χ1n) is 6.24. The zero-order chi connectivity index (χ0) is 17.8. The number of hydrogen-bond acceptors (Lipinski definition) is 5. The van der Waals surface area contributed by atoms with Crippen molar-refractivity contribution >= 4 is 11.9 Å². The molecule has 0 heterocycles. The van der Waals surface area contributed by atoms with Crippen molar-refractivity contribution in [3.8, 4) is 5.75 Å². The molecule has 0 radical (unpaired) electrons. The molecule has 0 saturated heterocycles. The Kier molecular flexibility index (Phi) is 5.93. The van der Waals surface area contributed by atoms with E-state index in [0.29, 0.717) is 6.07 Å². The minimum Gasteiger partial charge on any atom is -0.478 e. The Morgan fingerprint density at radius 2 is 1.87 bits per heavy atom. The highest BCUT2D eigenvalue weighted by Gasteiger charge is 2.32. The van der Waals surface area contributed by atoms with Crippen LogP contribution in [0.4, 0.5) is 13.2 Å². The van der Waals surface area contributed by atoms with Gasteiger partial charge in [-0.3, -0.25) is 4.79 Å². The molecule has 0 bridgehead atoms. The van der Waals surface area contributed by atoms with E-state index in [1.807, 2.05) is 0 Å². The number of carbonyl (C=O) groups excluding carboxylic acids is 1. The summed E-state index contributed by atoms with van der Waals surface area (Å²) in [4.78, 5) is 21.7. The summed E-state index contributed by atoms with van der Waals surface area (Å²) in [7, 11) is 0. The highest BCUT2D eigenvalue weighted by molar-refractivity contribution is 5.88. The SMILES string of the molecule is CC(=O)NCC(O)C(O)c1cc(OC(F)(F)F)cc(C(=O)O)c1. The normalized spacial score (nSPS) is 14.0. The van der Waals surface area contributed by atoms with Crippen LogP contribution in [0.3, 0.4) is 0 Å². The standard InChI is InChI=1S/C13H14F3NO6/c1-6(18)17-5-10(19)11(20)7-2-8(12(21)22)4-9(3-7)23-13(14,15)16/h2-4,10-11,19-20H,5H2,1H3,(H,17,18)(H,21,22). The molecule has 0 saturated carbocycles. The van der Waals surface area contributed by atoms with Crippen molar-refractivity contribution in [2.75, 3.05) is 6.54 Å². The summed E-state index contributed by atoms with van der Waals surface area (Å²) in [5.41, 5.74) is -0.866. The molecule has 1 aromatic carbocycles. The van der Waals surface area contributed by atoms with Gasteiger partial charge in [-0.25, -0.2) is 4.79 Å². The molecular formula is C13H14F3NO6. The van der Waals surface area contributed by atoms with Gasteiger partial charge in [0.2, 0.25) is 5.91 Å². The average molecular weight is 337 g/mol. The lowest BCUT2D eigenvalue weighted by Crippen LogP contribution is -2.34. The predicted molar refractivity (Wildman–Crippen MR) is 69.7 cm³/mol. The molecule has 0 aromatic heterocycles. The Bertz CT molecular complexity index is 590. The first-order chi connectivity index (χ1) is 10.5. The van der Waals surface area contributed by atoms with Crippen molar-refractivity contribution in [1.82, 2.24) is 5.32 Å². The minimum atomic E-state index is -5.05. The summed E-state index contributed by atoms with van der Waals surface area (Å²) < 4.78 is 40.4. The third-order valence-electron chi connectivity index (χ3n) is 2.68. The van der Waals surface area contributed by atoms with Crippen LogP contribution in [-0.2, 0) is 4.79 Å². The molecule has 0 aliphatic carbocycles. The van der Waals surface area contributed by atoms with Gasteiger partial charge in [0.1, 0.15) is 18.0 Å². The first-order valence-corrected chi connectivity index (χ1v) is 6.24. The van der Waals surface area contributed by atoms with Crippen molar-refractivity contribution in [3.63, 3.8) is 0 Å². The number of benzene rings is 1. The van der Waals surface area contributed by atoms with E-state index in [9.17, 15) is 33.0 Å². The molecule has 1 amide bonds. The van der Waals surface area contributed by atoms with Gasteiger partial charge in [-0.2, -0.15) is 0 Å². The van der Waals surface area contributed by atoms with E-state index >= 15 is 0 Å². The summed E-state index contributed by atoms with van der Waals surface area (Å²) in [6.07, 6.45) is -8.33. The topological polar surface area (TPSA) is 116 Å². The van der Waals surface area contributed by atoms with Crippen LogP contribution in [0.2, 0.25) is 0 Å². The van der Waals surface area contributed by atoms with E-state index < -0.39 is 41.8 Å². The number of alkyl halides is 3. The van der Waals surface area contributed by atoms with Crippen molar-refractivity contribution < 1.29 is 42.8 Å². The third-order valence-corrected chi connectivity index (χ3v) is 2.68. The van der Waals surface area contributed by atoms with Crippen molar-refractivity contribution in [3.05, 3.63) is 29.3 Å². The van der Waals surface area contributed by atoms with Crippen molar-refractivity contribution in [2.45, 2.75) is 25.5 Å². The molecule has 128 valence electrons. The Labute approximate surface area is 128 Å². The fraction of sp³-hybridized carbons (Fsp3) is 0.385. The second-order valence-corrected chi connectivity index (χ2v) is 4.59. The maximum Gasteiger partial charge on any atom is 0.573 e. The number of aromatic carboxylic acids is 1.